The molecule has 1 aliphatic carbocycles. The van der Waals surface area contributed by atoms with Crippen molar-refractivity contribution in [3.8, 4) is 0 Å². The predicted octanol–water partition coefficient (Wildman–Crippen LogP) is 2.98. The van der Waals surface area contributed by atoms with Gasteiger partial charge in [-0.15, -0.1) is 0 Å². The number of hydrogen-bond donors (Lipinski definition) is 0. The van der Waals surface area contributed by atoms with Gasteiger partial charge in [0.05, 0.1) is 12.7 Å². The zero-order valence-corrected chi connectivity index (χ0v) is 9.32. The third-order valence-electron chi connectivity index (χ3n) is 3.44. The van der Waals surface area contributed by atoms with Crippen LogP contribution in [0.3, 0.4) is 0 Å². The van der Waals surface area contributed by atoms with Gasteiger partial charge in [-0.1, -0.05) is 24.3 Å². The van der Waals surface area contributed by atoms with Gasteiger partial charge < -0.3 is 4.74 Å². The van der Waals surface area contributed by atoms with Crippen molar-refractivity contribution in [1.82, 2.24) is 0 Å². The van der Waals surface area contributed by atoms with Crippen molar-refractivity contribution in [2.24, 2.45) is 0 Å². The van der Waals surface area contributed by atoms with Crippen LogP contribution in [0.2, 0.25) is 0 Å². The summed E-state index contributed by atoms with van der Waals surface area (Å²) in [7, 11) is 0. The molecule has 1 saturated carbocycles. The molecule has 0 N–H and O–H groups in total. The Balaban J connectivity index is 1.81. The van der Waals surface area contributed by atoms with E-state index < -0.39 is 0 Å². The van der Waals surface area contributed by atoms with Crippen molar-refractivity contribution in [3.05, 3.63) is 35.4 Å². The summed E-state index contributed by atoms with van der Waals surface area (Å²) in [4.78, 5) is 11.4. The van der Waals surface area contributed by atoms with Crippen LogP contribution in [-0.4, -0.2) is 12.4 Å². The molecule has 2 fully saturated rings. The fraction of sp³-hybridized carbons (Fsp3) is 0.500. The summed E-state index contributed by atoms with van der Waals surface area (Å²) in [6.45, 7) is 0.581. The molecule has 84 valence electrons. The SMILES string of the molecule is O=C1CCOC(c2cccc(C3CC3)c2)C1. The van der Waals surface area contributed by atoms with Crippen molar-refractivity contribution in [2.75, 3.05) is 6.61 Å². The molecular formula is C14H16O2. The van der Waals surface area contributed by atoms with Crippen LogP contribution in [0.5, 0.6) is 0 Å². The number of ether oxygens (including phenoxy) is 1. The number of Topliss-reactive ketones (excluding diaryl/α,β-unsaturated/α-hetero) is 1. The van der Waals surface area contributed by atoms with Crippen molar-refractivity contribution in [3.63, 3.8) is 0 Å². The molecule has 0 spiro atoms. The molecule has 1 heterocycles. The molecule has 2 heteroatoms. The zero-order chi connectivity index (χ0) is 11.0. The van der Waals surface area contributed by atoms with Crippen LogP contribution in [0.4, 0.5) is 0 Å². The maximum absolute atomic E-state index is 11.4. The molecule has 0 radical (unpaired) electrons. The quantitative estimate of drug-likeness (QED) is 0.759. The van der Waals surface area contributed by atoms with Gasteiger partial charge >= 0.3 is 0 Å². The highest BCUT2D eigenvalue weighted by Crippen LogP contribution is 2.41. The van der Waals surface area contributed by atoms with Crippen molar-refractivity contribution in [2.45, 2.75) is 37.7 Å². The van der Waals surface area contributed by atoms with Crippen molar-refractivity contribution in [1.29, 1.82) is 0 Å². The number of rotatable bonds is 2. The van der Waals surface area contributed by atoms with E-state index in [-0.39, 0.29) is 6.10 Å². The van der Waals surface area contributed by atoms with Crippen molar-refractivity contribution < 1.29 is 9.53 Å². The standard InChI is InChI=1S/C14H16O2/c15-13-6-7-16-14(9-13)12-3-1-2-11(8-12)10-4-5-10/h1-3,8,10,14H,4-7,9H2. The summed E-state index contributed by atoms with van der Waals surface area (Å²) in [5.74, 6) is 1.09. The van der Waals surface area contributed by atoms with Gasteiger partial charge in [0.1, 0.15) is 5.78 Å². The third kappa shape index (κ3) is 2.03. The maximum Gasteiger partial charge on any atom is 0.138 e. The number of benzene rings is 1. The Bertz CT molecular complexity index is 407. The van der Waals surface area contributed by atoms with E-state index in [1.807, 2.05) is 0 Å². The van der Waals surface area contributed by atoms with Gasteiger partial charge in [-0.2, -0.15) is 0 Å². The molecule has 1 unspecified atom stereocenters. The largest absolute Gasteiger partial charge is 0.373 e. The summed E-state index contributed by atoms with van der Waals surface area (Å²) in [6.07, 6.45) is 3.76. The average molecular weight is 216 g/mol. The number of ketones is 1. The minimum Gasteiger partial charge on any atom is -0.373 e. The fourth-order valence-electron chi connectivity index (χ4n) is 2.33. The van der Waals surface area contributed by atoms with Crippen LogP contribution < -0.4 is 0 Å². The number of carbonyl (C=O) groups is 1. The van der Waals surface area contributed by atoms with Gasteiger partial charge in [0.15, 0.2) is 0 Å². The average Bonchev–Trinajstić information content (AvgIpc) is 3.13. The highest BCUT2D eigenvalue weighted by Gasteiger charge is 2.26. The van der Waals surface area contributed by atoms with Crippen LogP contribution in [0.1, 0.15) is 48.8 Å². The normalized spacial score (nSPS) is 25.8. The lowest BCUT2D eigenvalue weighted by atomic mass is 9.98. The Kier molecular flexibility index (Phi) is 2.52. The topological polar surface area (TPSA) is 26.3 Å². The number of hydrogen-bond acceptors (Lipinski definition) is 2. The molecule has 3 rings (SSSR count). The fourth-order valence-corrected chi connectivity index (χ4v) is 2.33. The van der Waals surface area contributed by atoms with Crippen molar-refractivity contribution >= 4 is 5.78 Å². The van der Waals surface area contributed by atoms with Crippen LogP contribution in [0.15, 0.2) is 24.3 Å². The van der Waals surface area contributed by atoms with E-state index in [0.717, 1.165) is 5.92 Å². The smallest absolute Gasteiger partial charge is 0.138 e. The second kappa shape index (κ2) is 4.02. The van der Waals surface area contributed by atoms with Crippen LogP contribution >= 0.6 is 0 Å². The Morgan fingerprint density at radius 3 is 2.75 bits per heavy atom. The summed E-state index contributed by atoms with van der Waals surface area (Å²) in [6, 6.07) is 8.58. The molecular weight excluding hydrogens is 200 g/mol. The zero-order valence-electron chi connectivity index (χ0n) is 9.32. The van der Waals surface area contributed by atoms with Crippen LogP contribution in [0.25, 0.3) is 0 Å². The van der Waals surface area contributed by atoms with E-state index >= 15 is 0 Å². The lowest BCUT2D eigenvalue weighted by Crippen LogP contribution is -2.19. The van der Waals surface area contributed by atoms with Crippen LogP contribution in [-0.2, 0) is 9.53 Å². The molecule has 0 bridgehead atoms. The Morgan fingerprint density at radius 1 is 1.19 bits per heavy atom. The van der Waals surface area contributed by atoms with E-state index in [2.05, 4.69) is 24.3 Å². The monoisotopic (exact) mass is 216 g/mol. The first-order valence-corrected chi connectivity index (χ1v) is 6.06. The highest BCUT2D eigenvalue weighted by molar-refractivity contribution is 5.79. The van der Waals surface area contributed by atoms with E-state index in [4.69, 9.17) is 4.74 Å². The van der Waals surface area contributed by atoms with E-state index in [9.17, 15) is 4.79 Å². The molecule has 1 aromatic rings. The molecule has 1 saturated heterocycles. The second-order valence-corrected chi connectivity index (χ2v) is 4.80. The third-order valence-corrected chi connectivity index (χ3v) is 3.44. The highest BCUT2D eigenvalue weighted by atomic mass is 16.5. The van der Waals surface area contributed by atoms with Gasteiger partial charge in [-0.25, -0.2) is 0 Å². The Labute approximate surface area is 95.6 Å². The summed E-state index contributed by atoms with van der Waals surface area (Å²) in [5.41, 5.74) is 2.59. The lowest BCUT2D eigenvalue weighted by Gasteiger charge is -2.22. The molecule has 1 aliphatic heterocycles. The summed E-state index contributed by atoms with van der Waals surface area (Å²) >= 11 is 0. The van der Waals surface area contributed by atoms with E-state index in [1.54, 1.807) is 0 Å². The van der Waals surface area contributed by atoms with Gasteiger partial charge in [0, 0.05) is 12.8 Å². The lowest BCUT2D eigenvalue weighted by molar-refractivity contribution is -0.128. The minimum atomic E-state index is -0.0000463. The number of carbonyl (C=O) groups excluding carboxylic acids is 1. The van der Waals surface area contributed by atoms with E-state index in [0.29, 0.717) is 25.2 Å². The Morgan fingerprint density at radius 2 is 2.00 bits per heavy atom. The first-order valence-electron chi connectivity index (χ1n) is 6.06. The van der Waals surface area contributed by atoms with Crippen LogP contribution in [0, 0.1) is 0 Å². The molecule has 2 aliphatic rings. The maximum atomic E-state index is 11.4. The molecule has 1 atom stereocenters. The van der Waals surface area contributed by atoms with E-state index in [1.165, 1.54) is 24.0 Å². The van der Waals surface area contributed by atoms with Gasteiger partial charge in [0.2, 0.25) is 0 Å². The first kappa shape index (κ1) is 10.0. The predicted molar refractivity (Wildman–Crippen MR) is 61.4 cm³/mol. The second-order valence-electron chi connectivity index (χ2n) is 4.80. The molecule has 0 amide bonds. The minimum absolute atomic E-state index is 0.0000463. The summed E-state index contributed by atoms with van der Waals surface area (Å²) in [5, 5.41) is 0. The molecule has 16 heavy (non-hydrogen) atoms. The molecule has 1 aromatic carbocycles. The molecule has 0 aromatic heterocycles. The van der Waals surface area contributed by atoms with Gasteiger partial charge in [-0.3, -0.25) is 4.79 Å². The van der Waals surface area contributed by atoms with Gasteiger partial charge in [-0.05, 0) is 29.9 Å². The Hall–Kier alpha value is -1.15. The molecule has 2 nitrogen and oxygen atoms in total. The first-order chi connectivity index (χ1) is 7.83. The summed E-state index contributed by atoms with van der Waals surface area (Å²) < 4.78 is 5.67. The van der Waals surface area contributed by atoms with Gasteiger partial charge in [0.25, 0.3) is 0 Å².